The molecule has 0 radical (unpaired) electrons. The number of anilines is 1. The highest BCUT2D eigenvalue weighted by molar-refractivity contribution is 7.92. The molecular formula is C9H11F3N2O2S. The van der Waals surface area contributed by atoms with Crippen LogP contribution in [0.25, 0.3) is 0 Å². The molecule has 8 heteroatoms. The van der Waals surface area contributed by atoms with E-state index in [1.54, 1.807) is 0 Å². The molecule has 0 aliphatic carbocycles. The Hall–Kier alpha value is -1.28. The van der Waals surface area contributed by atoms with Crippen molar-refractivity contribution in [3.63, 3.8) is 0 Å². The van der Waals surface area contributed by atoms with Crippen LogP contribution >= 0.6 is 0 Å². The lowest BCUT2D eigenvalue weighted by Crippen LogP contribution is -2.23. The molecule has 96 valence electrons. The topological polar surface area (TPSA) is 72.2 Å². The fourth-order valence-electron chi connectivity index (χ4n) is 1.19. The maximum absolute atomic E-state index is 12.5. The predicted octanol–water partition coefficient (Wildman–Crippen LogP) is 1.41. The zero-order chi connectivity index (χ0) is 13.1. The minimum absolute atomic E-state index is 0.163. The second-order valence-corrected chi connectivity index (χ2v) is 5.09. The SMILES string of the molecule is NCCS(=O)(=O)Nc1ccccc1C(F)(F)F. The molecule has 1 rings (SSSR count). The molecule has 0 fully saturated rings. The lowest BCUT2D eigenvalue weighted by Gasteiger charge is -2.14. The van der Waals surface area contributed by atoms with Gasteiger partial charge in [0.15, 0.2) is 0 Å². The van der Waals surface area contributed by atoms with E-state index >= 15 is 0 Å². The maximum atomic E-state index is 12.5. The Morgan fingerprint density at radius 2 is 1.82 bits per heavy atom. The van der Waals surface area contributed by atoms with Crippen LogP contribution in [0, 0.1) is 0 Å². The van der Waals surface area contributed by atoms with Crippen LogP contribution in [0.4, 0.5) is 18.9 Å². The van der Waals surface area contributed by atoms with Crippen molar-refractivity contribution in [2.45, 2.75) is 6.18 Å². The van der Waals surface area contributed by atoms with Crippen LogP contribution in [0.2, 0.25) is 0 Å². The highest BCUT2D eigenvalue weighted by atomic mass is 32.2. The summed E-state index contributed by atoms with van der Waals surface area (Å²) in [5.41, 5.74) is 3.53. The Bertz CT molecular complexity index is 485. The Kier molecular flexibility index (Phi) is 3.99. The third-order valence-electron chi connectivity index (χ3n) is 1.88. The van der Waals surface area contributed by atoms with Gasteiger partial charge in [0, 0.05) is 6.54 Å². The molecule has 0 aliphatic heterocycles. The molecule has 1 aromatic carbocycles. The molecule has 0 unspecified atom stereocenters. The molecular weight excluding hydrogens is 257 g/mol. The van der Waals surface area contributed by atoms with Gasteiger partial charge in [0.2, 0.25) is 10.0 Å². The van der Waals surface area contributed by atoms with Gasteiger partial charge >= 0.3 is 6.18 Å². The van der Waals surface area contributed by atoms with Crippen LogP contribution in [-0.2, 0) is 16.2 Å². The van der Waals surface area contributed by atoms with E-state index in [1.165, 1.54) is 12.1 Å². The molecule has 0 amide bonds. The molecule has 4 nitrogen and oxygen atoms in total. The molecule has 17 heavy (non-hydrogen) atoms. The van der Waals surface area contributed by atoms with E-state index in [1.807, 2.05) is 4.72 Å². The fourth-order valence-corrected chi connectivity index (χ4v) is 2.12. The number of alkyl halides is 3. The molecule has 0 bridgehead atoms. The molecule has 0 aromatic heterocycles. The van der Waals surface area contributed by atoms with Gasteiger partial charge in [-0.2, -0.15) is 13.2 Å². The van der Waals surface area contributed by atoms with Crippen molar-refractivity contribution in [3.8, 4) is 0 Å². The van der Waals surface area contributed by atoms with Crippen molar-refractivity contribution in [2.24, 2.45) is 5.73 Å². The van der Waals surface area contributed by atoms with Gasteiger partial charge in [-0.1, -0.05) is 12.1 Å². The van der Waals surface area contributed by atoms with E-state index in [0.29, 0.717) is 0 Å². The summed E-state index contributed by atoms with van der Waals surface area (Å²) < 4.78 is 62.2. The molecule has 0 saturated heterocycles. The minimum atomic E-state index is -4.61. The van der Waals surface area contributed by atoms with Crippen molar-refractivity contribution < 1.29 is 21.6 Å². The van der Waals surface area contributed by atoms with Gasteiger partial charge in [0.1, 0.15) is 0 Å². The van der Waals surface area contributed by atoms with Gasteiger partial charge in [0.25, 0.3) is 0 Å². The first-order chi connectivity index (χ1) is 7.76. The van der Waals surface area contributed by atoms with Crippen molar-refractivity contribution >= 4 is 15.7 Å². The molecule has 0 atom stereocenters. The number of benzene rings is 1. The first-order valence-electron chi connectivity index (χ1n) is 4.63. The Morgan fingerprint density at radius 1 is 1.24 bits per heavy atom. The van der Waals surface area contributed by atoms with Crippen molar-refractivity contribution in [1.82, 2.24) is 0 Å². The zero-order valence-electron chi connectivity index (χ0n) is 8.66. The largest absolute Gasteiger partial charge is 0.418 e. The highest BCUT2D eigenvalue weighted by Gasteiger charge is 2.33. The van der Waals surface area contributed by atoms with Crippen LogP contribution in [0.1, 0.15) is 5.56 Å². The number of nitrogens with two attached hydrogens (primary N) is 1. The van der Waals surface area contributed by atoms with Gasteiger partial charge in [-0.05, 0) is 12.1 Å². The third-order valence-corrected chi connectivity index (χ3v) is 3.19. The van der Waals surface area contributed by atoms with Crippen molar-refractivity contribution in [2.75, 3.05) is 17.0 Å². The molecule has 3 N–H and O–H groups in total. The second kappa shape index (κ2) is 4.92. The van der Waals surface area contributed by atoms with E-state index in [4.69, 9.17) is 5.73 Å². The summed E-state index contributed by atoms with van der Waals surface area (Å²) in [4.78, 5) is 0. The first kappa shape index (κ1) is 13.8. The van der Waals surface area contributed by atoms with Crippen molar-refractivity contribution in [3.05, 3.63) is 29.8 Å². The fraction of sp³-hybridized carbons (Fsp3) is 0.333. The second-order valence-electron chi connectivity index (χ2n) is 3.25. The lowest BCUT2D eigenvalue weighted by atomic mass is 10.2. The first-order valence-corrected chi connectivity index (χ1v) is 6.28. The van der Waals surface area contributed by atoms with E-state index in [-0.39, 0.29) is 6.54 Å². The Morgan fingerprint density at radius 3 is 2.35 bits per heavy atom. The monoisotopic (exact) mass is 268 g/mol. The number of sulfonamides is 1. The summed E-state index contributed by atoms with van der Waals surface area (Å²) in [6.07, 6.45) is -4.61. The zero-order valence-corrected chi connectivity index (χ0v) is 9.48. The number of hydrogen-bond donors (Lipinski definition) is 2. The van der Waals surface area contributed by atoms with E-state index in [9.17, 15) is 21.6 Å². The summed E-state index contributed by atoms with van der Waals surface area (Å²) in [6, 6.07) is 4.36. The smallest absolute Gasteiger partial charge is 0.329 e. The highest BCUT2D eigenvalue weighted by Crippen LogP contribution is 2.34. The predicted molar refractivity (Wildman–Crippen MR) is 57.9 cm³/mol. The van der Waals surface area contributed by atoms with Gasteiger partial charge < -0.3 is 5.73 Å². The molecule has 0 aliphatic rings. The van der Waals surface area contributed by atoms with Gasteiger partial charge in [0.05, 0.1) is 17.0 Å². The molecule has 0 heterocycles. The van der Waals surface area contributed by atoms with E-state index in [0.717, 1.165) is 12.1 Å². The molecule has 1 aromatic rings. The summed E-state index contributed by atoms with van der Waals surface area (Å²) in [5, 5.41) is 0. The number of halogens is 3. The average Bonchev–Trinajstić information content (AvgIpc) is 2.15. The summed E-state index contributed by atoms with van der Waals surface area (Å²) >= 11 is 0. The third kappa shape index (κ3) is 3.90. The number of para-hydroxylation sites is 1. The summed E-state index contributed by atoms with van der Waals surface area (Å²) in [5.74, 6) is -0.431. The molecule has 0 spiro atoms. The number of rotatable bonds is 4. The van der Waals surface area contributed by atoms with Crippen LogP contribution in [0.15, 0.2) is 24.3 Å². The lowest BCUT2D eigenvalue weighted by molar-refractivity contribution is -0.136. The van der Waals surface area contributed by atoms with Gasteiger partial charge in [-0.25, -0.2) is 8.42 Å². The molecule has 0 saturated carbocycles. The number of nitrogens with one attached hydrogen (secondary N) is 1. The average molecular weight is 268 g/mol. The van der Waals surface area contributed by atoms with Crippen LogP contribution in [-0.4, -0.2) is 20.7 Å². The Labute approximate surface area is 96.7 Å². The van der Waals surface area contributed by atoms with E-state index < -0.39 is 33.2 Å². The summed E-state index contributed by atoms with van der Waals surface area (Å²) in [6.45, 7) is -0.163. The minimum Gasteiger partial charge on any atom is -0.329 e. The summed E-state index contributed by atoms with van der Waals surface area (Å²) in [7, 11) is -3.84. The van der Waals surface area contributed by atoms with Crippen LogP contribution < -0.4 is 10.5 Å². The normalized spacial score (nSPS) is 12.5. The van der Waals surface area contributed by atoms with E-state index in [2.05, 4.69) is 0 Å². The quantitative estimate of drug-likeness (QED) is 0.867. The Balaban J connectivity index is 3.08. The van der Waals surface area contributed by atoms with Gasteiger partial charge in [-0.3, -0.25) is 4.72 Å². The standard InChI is InChI=1S/C9H11F3N2O2S/c10-9(11,12)7-3-1-2-4-8(7)14-17(15,16)6-5-13/h1-4,14H,5-6,13H2. The van der Waals surface area contributed by atoms with Crippen LogP contribution in [0.5, 0.6) is 0 Å². The number of hydrogen-bond acceptors (Lipinski definition) is 3. The van der Waals surface area contributed by atoms with Gasteiger partial charge in [-0.15, -0.1) is 0 Å². The van der Waals surface area contributed by atoms with Crippen molar-refractivity contribution in [1.29, 1.82) is 0 Å². The van der Waals surface area contributed by atoms with Crippen LogP contribution in [0.3, 0.4) is 0 Å². The maximum Gasteiger partial charge on any atom is 0.418 e.